The third-order valence-corrected chi connectivity index (χ3v) is 6.26. The van der Waals surface area contributed by atoms with Crippen LogP contribution in [0.2, 0.25) is 0 Å². The van der Waals surface area contributed by atoms with Crippen LogP contribution in [-0.4, -0.2) is 47.5 Å². The van der Waals surface area contributed by atoms with E-state index in [1.165, 1.54) is 42.8 Å². The lowest BCUT2D eigenvalue weighted by molar-refractivity contribution is 0.0346. The number of benzene rings is 1. The molecule has 2 aromatic rings. The summed E-state index contributed by atoms with van der Waals surface area (Å²) >= 11 is 0. The molecule has 0 bridgehead atoms. The summed E-state index contributed by atoms with van der Waals surface area (Å²) in [7, 11) is 0. The fraction of sp³-hybridized carbons (Fsp3) is 0.550. The van der Waals surface area contributed by atoms with E-state index < -0.39 is 0 Å². The molecule has 1 aliphatic heterocycles. The summed E-state index contributed by atoms with van der Waals surface area (Å²) in [6, 6.07) is 10.6. The number of hydrogen-bond acceptors (Lipinski definition) is 3. The highest BCUT2D eigenvalue weighted by molar-refractivity contribution is 5.43. The second-order valence-electron chi connectivity index (χ2n) is 7.58. The van der Waals surface area contributed by atoms with Gasteiger partial charge in [0.1, 0.15) is 0 Å². The van der Waals surface area contributed by atoms with Gasteiger partial charge in [0, 0.05) is 36.3 Å². The Bertz CT molecular complexity index is 720. The monoisotopic (exact) mass is 323 g/mol. The zero-order valence-electron chi connectivity index (χ0n) is 14.2. The number of para-hydroxylation sites is 1. The van der Waals surface area contributed by atoms with Crippen LogP contribution in [0.4, 0.5) is 0 Å². The maximum Gasteiger partial charge on any atom is 0.0648 e. The number of nitrogens with zero attached hydrogens (tertiary/aromatic N) is 3. The molecule has 1 saturated carbocycles. The maximum atomic E-state index is 5.49. The van der Waals surface area contributed by atoms with Crippen molar-refractivity contribution in [1.29, 1.82) is 0 Å². The SMILES string of the molecule is c1ccc(-n2ncc3c2CCCC32C[C@H]2CN2CCOCC2)cc1. The van der Waals surface area contributed by atoms with Crippen LogP contribution in [0.5, 0.6) is 0 Å². The Labute approximate surface area is 143 Å². The molecule has 1 spiro atoms. The topological polar surface area (TPSA) is 30.3 Å². The molecule has 126 valence electrons. The largest absolute Gasteiger partial charge is 0.379 e. The number of rotatable bonds is 3. The summed E-state index contributed by atoms with van der Waals surface area (Å²) in [5, 5.41) is 4.77. The Kier molecular flexibility index (Phi) is 3.49. The Morgan fingerprint density at radius 3 is 2.83 bits per heavy atom. The Morgan fingerprint density at radius 1 is 1.17 bits per heavy atom. The second-order valence-corrected chi connectivity index (χ2v) is 7.58. The van der Waals surface area contributed by atoms with Crippen LogP contribution in [0.15, 0.2) is 36.5 Å². The first kappa shape index (κ1) is 14.7. The van der Waals surface area contributed by atoms with Gasteiger partial charge in [-0.05, 0) is 43.7 Å². The van der Waals surface area contributed by atoms with Crippen molar-refractivity contribution in [2.45, 2.75) is 31.1 Å². The van der Waals surface area contributed by atoms with Crippen molar-refractivity contribution in [2.24, 2.45) is 5.92 Å². The van der Waals surface area contributed by atoms with Gasteiger partial charge in [-0.1, -0.05) is 18.2 Å². The molecule has 1 aromatic heterocycles. The number of aromatic nitrogens is 2. The van der Waals surface area contributed by atoms with Crippen LogP contribution in [0.25, 0.3) is 5.69 Å². The average molecular weight is 323 g/mol. The summed E-state index contributed by atoms with van der Waals surface area (Å²) < 4.78 is 7.67. The van der Waals surface area contributed by atoms with Crippen molar-refractivity contribution in [2.75, 3.05) is 32.8 Å². The van der Waals surface area contributed by atoms with Crippen LogP contribution in [0, 0.1) is 5.92 Å². The van der Waals surface area contributed by atoms with Crippen molar-refractivity contribution in [1.82, 2.24) is 14.7 Å². The molecule has 0 radical (unpaired) electrons. The van der Waals surface area contributed by atoms with Gasteiger partial charge in [0.25, 0.3) is 0 Å². The molecular formula is C20H25N3O. The number of fused-ring (bicyclic) bond motifs is 2. The third-order valence-electron chi connectivity index (χ3n) is 6.26. The van der Waals surface area contributed by atoms with E-state index in [0.717, 1.165) is 38.6 Å². The number of ether oxygens (including phenoxy) is 1. The van der Waals surface area contributed by atoms with Gasteiger partial charge < -0.3 is 4.74 Å². The molecular weight excluding hydrogens is 298 g/mol. The molecule has 2 atom stereocenters. The zero-order valence-corrected chi connectivity index (χ0v) is 14.2. The van der Waals surface area contributed by atoms with Crippen molar-refractivity contribution in [3.63, 3.8) is 0 Å². The lowest BCUT2D eigenvalue weighted by Crippen LogP contribution is -2.38. The number of hydrogen-bond donors (Lipinski definition) is 0. The van der Waals surface area contributed by atoms with Crippen LogP contribution in [0.1, 0.15) is 30.5 Å². The molecule has 5 rings (SSSR count). The van der Waals surface area contributed by atoms with E-state index in [2.05, 4.69) is 46.1 Å². The molecule has 0 N–H and O–H groups in total. The minimum absolute atomic E-state index is 0.416. The second kappa shape index (κ2) is 5.71. The summed E-state index contributed by atoms with van der Waals surface area (Å²) in [6.07, 6.45) is 7.32. The predicted octanol–water partition coefficient (Wildman–Crippen LogP) is 2.80. The highest BCUT2D eigenvalue weighted by atomic mass is 16.5. The van der Waals surface area contributed by atoms with Crippen LogP contribution in [0.3, 0.4) is 0 Å². The zero-order chi connectivity index (χ0) is 16.0. The van der Waals surface area contributed by atoms with E-state index in [1.807, 2.05) is 0 Å². The van der Waals surface area contributed by atoms with Gasteiger partial charge in [0.2, 0.25) is 0 Å². The lowest BCUT2D eigenvalue weighted by atomic mass is 9.82. The highest BCUT2D eigenvalue weighted by Gasteiger charge is 2.57. The van der Waals surface area contributed by atoms with Gasteiger partial charge >= 0.3 is 0 Å². The van der Waals surface area contributed by atoms with Crippen molar-refractivity contribution in [3.8, 4) is 5.69 Å². The fourth-order valence-corrected chi connectivity index (χ4v) is 4.88. The van der Waals surface area contributed by atoms with Gasteiger partial charge in [0.05, 0.1) is 25.1 Å². The molecule has 1 aromatic carbocycles. The number of morpholine rings is 1. The predicted molar refractivity (Wildman–Crippen MR) is 93.5 cm³/mol. The third kappa shape index (κ3) is 2.32. The minimum atomic E-state index is 0.416. The minimum Gasteiger partial charge on any atom is -0.379 e. The van der Waals surface area contributed by atoms with Crippen molar-refractivity contribution < 1.29 is 4.74 Å². The van der Waals surface area contributed by atoms with Crippen molar-refractivity contribution >= 4 is 0 Å². The molecule has 1 saturated heterocycles. The van der Waals surface area contributed by atoms with Gasteiger partial charge in [-0.3, -0.25) is 4.90 Å². The van der Waals surface area contributed by atoms with Gasteiger partial charge in [0.15, 0.2) is 0 Å². The molecule has 2 heterocycles. The van der Waals surface area contributed by atoms with Crippen LogP contribution < -0.4 is 0 Å². The Balaban J connectivity index is 1.41. The molecule has 2 fully saturated rings. The van der Waals surface area contributed by atoms with E-state index >= 15 is 0 Å². The summed E-state index contributed by atoms with van der Waals surface area (Å²) in [5.41, 5.74) is 4.60. The molecule has 4 nitrogen and oxygen atoms in total. The smallest absolute Gasteiger partial charge is 0.0648 e. The van der Waals surface area contributed by atoms with E-state index in [0.29, 0.717) is 5.41 Å². The molecule has 0 amide bonds. The average Bonchev–Trinajstić information content (AvgIpc) is 3.11. The maximum absolute atomic E-state index is 5.49. The Hall–Kier alpha value is -1.65. The molecule has 3 aliphatic rings. The standard InChI is InChI=1S/C20H25N3O/c1-2-5-17(6-3-1)23-19-7-4-8-20(18(19)14-21-23)13-16(20)15-22-9-11-24-12-10-22/h1-3,5-6,14,16H,4,7-13,15H2/t16-,20?/m0/s1. The normalized spacial score (nSPS) is 29.6. The first-order valence-corrected chi connectivity index (χ1v) is 9.30. The van der Waals surface area contributed by atoms with E-state index in [9.17, 15) is 0 Å². The fourth-order valence-electron chi connectivity index (χ4n) is 4.88. The molecule has 2 aliphatic carbocycles. The van der Waals surface area contributed by atoms with E-state index in [4.69, 9.17) is 9.84 Å². The highest BCUT2D eigenvalue weighted by Crippen LogP contribution is 2.60. The van der Waals surface area contributed by atoms with Gasteiger partial charge in [-0.15, -0.1) is 0 Å². The lowest BCUT2D eigenvalue weighted by Gasteiger charge is -2.29. The summed E-state index contributed by atoms with van der Waals surface area (Å²) in [6.45, 7) is 5.23. The first-order chi connectivity index (χ1) is 11.9. The summed E-state index contributed by atoms with van der Waals surface area (Å²) in [4.78, 5) is 2.60. The molecule has 1 unspecified atom stereocenters. The van der Waals surface area contributed by atoms with Gasteiger partial charge in [-0.25, -0.2) is 4.68 Å². The van der Waals surface area contributed by atoms with E-state index in [-0.39, 0.29) is 0 Å². The van der Waals surface area contributed by atoms with Crippen LogP contribution in [-0.2, 0) is 16.6 Å². The van der Waals surface area contributed by atoms with E-state index in [1.54, 1.807) is 0 Å². The molecule has 4 heteroatoms. The molecule has 24 heavy (non-hydrogen) atoms. The quantitative estimate of drug-likeness (QED) is 0.870. The van der Waals surface area contributed by atoms with Crippen LogP contribution >= 0.6 is 0 Å². The first-order valence-electron chi connectivity index (χ1n) is 9.30. The van der Waals surface area contributed by atoms with Gasteiger partial charge in [-0.2, -0.15) is 5.10 Å². The van der Waals surface area contributed by atoms with Crippen molar-refractivity contribution in [3.05, 3.63) is 47.8 Å². The Morgan fingerprint density at radius 2 is 2.00 bits per heavy atom. The summed E-state index contributed by atoms with van der Waals surface area (Å²) in [5.74, 6) is 0.808.